The molecule has 8 heteroatoms. The van der Waals surface area contributed by atoms with Gasteiger partial charge in [0.15, 0.2) is 5.69 Å². The number of carboxylic acids is 1. The van der Waals surface area contributed by atoms with Gasteiger partial charge in [-0.15, -0.1) is 11.3 Å². The molecule has 3 rings (SSSR count). The summed E-state index contributed by atoms with van der Waals surface area (Å²) < 4.78 is 0. The van der Waals surface area contributed by atoms with E-state index in [0.29, 0.717) is 15.1 Å². The molecule has 2 N–H and O–H groups in total. The van der Waals surface area contributed by atoms with Crippen LogP contribution in [-0.4, -0.2) is 22.0 Å². The predicted molar refractivity (Wildman–Crippen MR) is 88.2 cm³/mol. The van der Waals surface area contributed by atoms with Crippen molar-refractivity contribution in [3.63, 3.8) is 0 Å². The second kappa shape index (κ2) is 6.47. The molecule has 1 aliphatic rings. The second-order valence-electron chi connectivity index (χ2n) is 5.24. The summed E-state index contributed by atoms with van der Waals surface area (Å²) in [6.07, 6.45) is 0.726. The molecule has 0 aliphatic heterocycles. The lowest BCUT2D eigenvalue weighted by molar-refractivity contribution is -0.122. The number of halogens is 2. The van der Waals surface area contributed by atoms with Crippen molar-refractivity contribution < 1.29 is 14.7 Å². The second-order valence-corrected chi connectivity index (χ2v) is 6.97. The van der Waals surface area contributed by atoms with Gasteiger partial charge >= 0.3 is 5.97 Å². The largest absolute Gasteiger partial charge is 0.476 e. The number of nitrogens with one attached hydrogen (secondary N) is 1. The summed E-state index contributed by atoms with van der Waals surface area (Å²) in [6.45, 7) is 0.225. The fraction of sp³-hybridized carbons (Fsp3) is 0.267. The van der Waals surface area contributed by atoms with E-state index in [0.717, 1.165) is 12.0 Å². The van der Waals surface area contributed by atoms with Gasteiger partial charge in [-0.2, -0.15) is 0 Å². The Balaban J connectivity index is 1.58. The average molecular weight is 371 g/mol. The van der Waals surface area contributed by atoms with E-state index in [1.165, 1.54) is 16.7 Å². The summed E-state index contributed by atoms with van der Waals surface area (Å²) in [7, 11) is 0. The number of aromatic carboxylic acids is 1. The number of aromatic nitrogens is 1. The van der Waals surface area contributed by atoms with E-state index in [4.69, 9.17) is 28.3 Å². The third-order valence-corrected chi connectivity index (χ3v) is 5.38. The summed E-state index contributed by atoms with van der Waals surface area (Å²) in [5.74, 6) is -1.22. The molecular weight excluding hydrogens is 359 g/mol. The van der Waals surface area contributed by atoms with Crippen LogP contribution in [0.5, 0.6) is 0 Å². The summed E-state index contributed by atoms with van der Waals surface area (Å²) in [4.78, 5) is 26.9. The van der Waals surface area contributed by atoms with Gasteiger partial charge in [0.05, 0.1) is 16.6 Å². The van der Waals surface area contributed by atoms with E-state index < -0.39 is 5.97 Å². The first-order valence-electron chi connectivity index (χ1n) is 6.86. The Hall–Kier alpha value is -1.63. The van der Waals surface area contributed by atoms with Crippen LogP contribution in [0.4, 0.5) is 0 Å². The van der Waals surface area contributed by atoms with E-state index in [1.807, 2.05) is 12.1 Å². The predicted octanol–water partition coefficient (Wildman–Crippen LogP) is 3.57. The fourth-order valence-electron chi connectivity index (χ4n) is 2.42. The summed E-state index contributed by atoms with van der Waals surface area (Å²) in [6, 6.07) is 5.42. The number of thiazole rings is 1. The number of carboxylic acid groups (broad SMARTS) is 1. The Morgan fingerprint density at radius 3 is 2.87 bits per heavy atom. The summed E-state index contributed by atoms with van der Waals surface area (Å²) in [5.41, 5.74) is 0.885. The molecule has 1 amide bonds. The Morgan fingerprint density at radius 2 is 2.17 bits per heavy atom. The van der Waals surface area contributed by atoms with E-state index >= 15 is 0 Å². The molecule has 120 valence electrons. The van der Waals surface area contributed by atoms with Crippen LogP contribution in [0.2, 0.25) is 10.0 Å². The normalized spacial score (nSPS) is 19.4. The lowest BCUT2D eigenvalue weighted by Crippen LogP contribution is -2.24. The van der Waals surface area contributed by atoms with Crippen molar-refractivity contribution in [3.05, 3.63) is 49.9 Å². The first-order chi connectivity index (χ1) is 11.0. The van der Waals surface area contributed by atoms with Crippen LogP contribution >= 0.6 is 34.5 Å². The highest BCUT2D eigenvalue weighted by Gasteiger charge is 2.44. The van der Waals surface area contributed by atoms with Gasteiger partial charge in [0, 0.05) is 11.3 Å². The molecule has 0 saturated heterocycles. The molecule has 1 fully saturated rings. The van der Waals surface area contributed by atoms with Crippen LogP contribution in [0, 0.1) is 5.92 Å². The number of benzene rings is 1. The summed E-state index contributed by atoms with van der Waals surface area (Å²) >= 11 is 13.4. The number of rotatable bonds is 5. The number of amides is 1. The Bertz CT molecular complexity index is 778. The molecule has 1 saturated carbocycles. The standard InChI is InChI=1S/C15H12Cl2N2O3S/c16-10-3-1-2-7(13(10)17)8-4-9(8)14(20)18-5-12-19-11(6-23-12)15(21)22/h1-3,6,8-9H,4-5H2,(H,18,20)(H,21,22). The first-order valence-corrected chi connectivity index (χ1v) is 8.50. The minimum atomic E-state index is -1.07. The number of carbonyl (C=O) groups is 2. The molecule has 0 spiro atoms. The van der Waals surface area contributed by atoms with Gasteiger partial charge in [0.1, 0.15) is 5.01 Å². The average Bonchev–Trinajstić information content (AvgIpc) is 3.16. The highest BCUT2D eigenvalue weighted by molar-refractivity contribution is 7.09. The molecule has 0 bridgehead atoms. The van der Waals surface area contributed by atoms with Gasteiger partial charge in [-0.1, -0.05) is 35.3 Å². The molecule has 1 aromatic carbocycles. The van der Waals surface area contributed by atoms with Crippen LogP contribution in [0.3, 0.4) is 0 Å². The van der Waals surface area contributed by atoms with Crippen molar-refractivity contribution in [2.45, 2.75) is 18.9 Å². The van der Waals surface area contributed by atoms with Crippen molar-refractivity contribution in [2.75, 3.05) is 0 Å². The number of nitrogens with zero attached hydrogens (tertiary/aromatic N) is 1. The quantitative estimate of drug-likeness (QED) is 0.842. The van der Waals surface area contributed by atoms with Crippen LogP contribution in [0.1, 0.15) is 33.4 Å². The number of carbonyl (C=O) groups excluding carboxylic acids is 1. The van der Waals surface area contributed by atoms with E-state index in [1.54, 1.807) is 6.07 Å². The minimum Gasteiger partial charge on any atom is -0.476 e. The van der Waals surface area contributed by atoms with Crippen LogP contribution < -0.4 is 5.32 Å². The smallest absolute Gasteiger partial charge is 0.355 e. The maximum absolute atomic E-state index is 12.2. The van der Waals surface area contributed by atoms with Gasteiger partial charge in [-0.25, -0.2) is 9.78 Å². The van der Waals surface area contributed by atoms with Gasteiger partial charge < -0.3 is 10.4 Å². The molecule has 2 atom stereocenters. The fourth-order valence-corrected chi connectivity index (χ4v) is 3.58. The van der Waals surface area contributed by atoms with Crippen LogP contribution in [-0.2, 0) is 11.3 Å². The zero-order valence-corrected chi connectivity index (χ0v) is 14.1. The lowest BCUT2D eigenvalue weighted by atomic mass is 10.1. The topological polar surface area (TPSA) is 79.3 Å². The highest BCUT2D eigenvalue weighted by atomic mass is 35.5. The molecule has 1 aliphatic carbocycles. The van der Waals surface area contributed by atoms with Gasteiger partial charge in [-0.3, -0.25) is 4.79 Å². The third kappa shape index (κ3) is 3.49. The number of hydrogen-bond donors (Lipinski definition) is 2. The number of hydrogen-bond acceptors (Lipinski definition) is 4. The Morgan fingerprint density at radius 1 is 1.39 bits per heavy atom. The van der Waals surface area contributed by atoms with Crippen molar-refractivity contribution in [3.8, 4) is 0 Å². The molecule has 0 radical (unpaired) electrons. The third-order valence-electron chi connectivity index (χ3n) is 3.69. The van der Waals surface area contributed by atoms with Gasteiger partial charge in [0.25, 0.3) is 0 Å². The van der Waals surface area contributed by atoms with Gasteiger partial charge in [-0.05, 0) is 24.0 Å². The van der Waals surface area contributed by atoms with Crippen molar-refractivity contribution in [1.29, 1.82) is 0 Å². The molecule has 2 aromatic rings. The van der Waals surface area contributed by atoms with Crippen molar-refractivity contribution in [1.82, 2.24) is 10.3 Å². The van der Waals surface area contributed by atoms with Crippen molar-refractivity contribution in [2.24, 2.45) is 5.92 Å². The zero-order chi connectivity index (χ0) is 16.6. The maximum atomic E-state index is 12.2. The molecule has 5 nitrogen and oxygen atoms in total. The molecule has 1 heterocycles. The lowest BCUT2D eigenvalue weighted by Gasteiger charge is -2.06. The monoisotopic (exact) mass is 370 g/mol. The van der Waals surface area contributed by atoms with Crippen molar-refractivity contribution >= 4 is 46.4 Å². The van der Waals surface area contributed by atoms with Crippen LogP contribution in [0.15, 0.2) is 23.6 Å². The van der Waals surface area contributed by atoms with E-state index in [9.17, 15) is 9.59 Å². The maximum Gasteiger partial charge on any atom is 0.355 e. The van der Waals surface area contributed by atoms with E-state index in [2.05, 4.69) is 10.3 Å². The SMILES string of the molecule is O=C(O)c1csc(CNC(=O)C2CC2c2cccc(Cl)c2Cl)n1. The van der Waals surface area contributed by atoms with Crippen LogP contribution in [0.25, 0.3) is 0 Å². The Kier molecular flexibility index (Phi) is 4.57. The molecule has 23 heavy (non-hydrogen) atoms. The molecule has 2 unspecified atom stereocenters. The Labute approximate surface area is 146 Å². The zero-order valence-electron chi connectivity index (χ0n) is 11.8. The first kappa shape index (κ1) is 16.2. The summed E-state index contributed by atoms with van der Waals surface area (Å²) in [5, 5.41) is 14.6. The minimum absolute atomic E-state index is 0.00532. The highest BCUT2D eigenvalue weighted by Crippen LogP contribution is 2.50. The molecular formula is C15H12Cl2N2O3S. The van der Waals surface area contributed by atoms with E-state index in [-0.39, 0.29) is 30.0 Å². The van der Waals surface area contributed by atoms with Gasteiger partial charge in [0.2, 0.25) is 5.91 Å². The molecule has 1 aromatic heterocycles.